The molecule has 0 spiro atoms. The van der Waals surface area contributed by atoms with Crippen LogP contribution in [-0.4, -0.2) is 14.7 Å². The normalized spacial score (nSPS) is 12.6. The first kappa shape index (κ1) is 11.2. The molecule has 0 aromatic carbocycles. The van der Waals surface area contributed by atoms with Crippen molar-refractivity contribution in [3.05, 3.63) is 28.0 Å². The maximum absolute atomic E-state index is 6.08. The lowest BCUT2D eigenvalue weighted by atomic mass is 10.2. The fourth-order valence-corrected chi connectivity index (χ4v) is 2.89. The van der Waals surface area contributed by atoms with E-state index in [0.717, 1.165) is 22.4 Å². The number of imidazole rings is 1. The van der Waals surface area contributed by atoms with Crippen molar-refractivity contribution in [2.75, 3.05) is 5.33 Å². The minimum atomic E-state index is 0.578. The van der Waals surface area contributed by atoms with Crippen molar-refractivity contribution in [1.82, 2.24) is 9.38 Å². The molecule has 0 radical (unpaired) electrons. The van der Waals surface area contributed by atoms with E-state index in [1.165, 1.54) is 5.57 Å². The van der Waals surface area contributed by atoms with E-state index in [2.05, 4.69) is 33.9 Å². The van der Waals surface area contributed by atoms with E-state index in [4.69, 9.17) is 11.6 Å². The summed E-state index contributed by atoms with van der Waals surface area (Å²) in [6.45, 7) is 2.13. The molecule has 2 heterocycles. The zero-order chi connectivity index (χ0) is 10.8. The third-order valence-electron chi connectivity index (χ3n) is 2.22. The van der Waals surface area contributed by atoms with Gasteiger partial charge in [0.25, 0.3) is 0 Å². The monoisotopic (exact) mass is 304 g/mol. The highest BCUT2D eigenvalue weighted by Gasteiger charge is 2.09. The van der Waals surface area contributed by atoms with Crippen LogP contribution in [0.1, 0.15) is 19.0 Å². The first-order chi connectivity index (χ1) is 7.26. The summed E-state index contributed by atoms with van der Waals surface area (Å²) in [4.78, 5) is 5.22. The van der Waals surface area contributed by atoms with Crippen LogP contribution in [0.25, 0.3) is 11.0 Å². The van der Waals surface area contributed by atoms with Crippen LogP contribution >= 0.6 is 38.9 Å². The highest BCUT2D eigenvalue weighted by atomic mass is 79.9. The second-order valence-corrected chi connectivity index (χ2v) is 4.92. The molecular weight excluding hydrogens is 296 g/mol. The van der Waals surface area contributed by atoms with Crippen LogP contribution in [0.3, 0.4) is 0 Å². The van der Waals surface area contributed by atoms with Gasteiger partial charge in [-0.1, -0.05) is 40.0 Å². The lowest BCUT2D eigenvalue weighted by Gasteiger charge is -1.98. The van der Waals surface area contributed by atoms with Gasteiger partial charge in [-0.05, 0) is 12.5 Å². The molecule has 2 aromatic rings. The summed E-state index contributed by atoms with van der Waals surface area (Å²) < 4.78 is 2.02. The summed E-state index contributed by atoms with van der Waals surface area (Å²) in [5.41, 5.74) is 2.29. The fraction of sp³-hybridized carbons (Fsp3) is 0.300. The average Bonchev–Trinajstić information content (AvgIpc) is 2.77. The molecule has 5 heteroatoms. The summed E-state index contributed by atoms with van der Waals surface area (Å²) in [5.74, 6) is 0. The van der Waals surface area contributed by atoms with Gasteiger partial charge in [-0.2, -0.15) is 0 Å². The number of alkyl halides is 1. The van der Waals surface area contributed by atoms with E-state index in [0.29, 0.717) is 5.15 Å². The number of halogens is 2. The number of hydrogen-bond acceptors (Lipinski definition) is 2. The third kappa shape index (κ3) is 2.12. The smallest absolute Gasteiger partial charge is 0.195 e. The standard InChI is InChI=1S/C10H10BrClN2S/c1-2-7(6-11)5-8-9(12)13-10-14(8)3-4-15-10/h3-5H,2,6H2,1H3. The van der Waals surface area contributed by atoms with Gasteiger partial charge in [0.05, 0.1) is 5.69 Å². The molecule has 0 saturated carbocycles. The van der Waals surface area contributed by atoms with Crippen LogP contribution in [0.2, 0.25) is 5.15 Å². The molecule has 0 amide bonds. The molecule has 0 atom stereocenters. The minimum Gasteiger partial charge on any atom is -0.289 e. The van der Waals surface area contributed by atoms with Gasteiger partial charge in [-0.3, -0.25) is 4.40 Å². The Bertz CT molecular complexity index is 494. The van der Waals surface area contributed by atoms with Gasteiger partial charge in [0.1, 0.15) is 0 Å². The second kappa shape index (κ2) is 4.68. The number of aromatic nitrogens is 2. The van der Waals surface area contributed by atoms with Crippen molar-refractivity contribution in [1.29, 1.82) is 0 Å². The number of nitrogens with zero attached hydrogens (tertiary/aromatic N) is 2. The summed E-state index contributed by atoms with van der Waals surface area (Å²) in [6.07, 6.45) is 5.11. The number of thiazole rings is 1. The van der Waals surface area contributed by atoms with Crippen LogP contribution < -0.4 is 0 Å². The summed E-state index contributed by atoms with van der Waals surface area (Å²) >= 11 is 11.1. The van der Waals surface area contributed by atoms with Gasteiger partial charge >= 0.3 is 0 Å². The van der Waals surface area contributed by atoms with Crippen molar-refractivity contribution in [2.45, 2.75) is 13.3 Å². The molecule has 0 saturated heterocycles. The Morgan fingerprint density at radius 1 is 1.73 bits per heavy atom. The van der Waals surface area contributed by atoms with Gasteiger partial charge in [-0.25, -0.2) is 4.98 Å². The molecule has 0 aliphatic heterocycles. The van der Waals surface area contributed by atoms with Crippen LogP contribution in [0.4, 0.5) is 0 Å². The molecule has 2 rings (SSSR count). The molecule has 80 valence electrons. The number of rotatable bonds is 3. The quantitative estimate of drug-likeness (QED) is 0.775. The second-order valence-electron chi connectivity index (χ2n) is 3.13. The first-order valence-electron chi connectivity index (χ1n) is 4.62. The van der Waals surface area contributed by atoms with E-state index < -0.39 is 0 Å². The predicted octanol–water partition coefficient (Wildman–Crippen LogP) is 4.24. The topological polar surface area (TPSA) is 17.3 Å². The van der Waals surface area contributed by atoms with Gasteiger partial charge < -0.3 is 0 Å². The largest absolute Gasteiger partial charge is 0.289 e. The molecule has 15 heavy (non-hydrogen) atoms. The number of allylic oxidation sites excluding steroid dienone is 1. The summed E-state index contributed by atoms with van der Waals surface area (Å²) in [6, 6.07) is 0. The van der Waals surface area contributed by atoms with Crippen molar-refractivity contribution < 1.29 is 0 Å². The first-order valence-corrected chi connectivity index (χ1v) is 7.00. The highest BCUT2D eigenvalue weighted by molar-refractivity contribution is 9.09. The maximum Gasteiger partial charge on any atom is 0.195 e. The van der Waals surface area contributed by atoms with Crippen molar-refractivity contribution in [3.63, 3.8) is 0 Å². The summed E-state index contributed by atoms with van der Waals surface area (Å²) in [7, 11) is 0. The van der Waals surface area contributed by atoms with Crippen LogP contribution in [0.15, 0.2) is 17.2 Å². The molecule has 0 aliphatic rings. The maximum atomic E-state index is 6.08. The Balaban J connectivity index is 2.54. The van der Waals surface area contributed by atoms with E-state index >= 15 is 0 Å². The van der Waals surface area contributed by atoms with Crippen molar-refractivity contribution >= 4 is 49.9 Å². The van der Waals surface area contributed by atoms with Crippen molar-refractivity contribution in [3.8, 4) is 0 Å². The Morgan fingerprint density at radius 3 is 3.20 bits per heavy atom. The Morgan fingerprint density at radius 2 is 2.53 bits per heavy atom. The van der Waals surface area contributed by atoms with Gasteiger partial charge in [0.2, 0.25) is 0 Å². The van der Waals surface area contributed by atoms with Crippen LogP contribution in [0, 0.1) is 0 Å². The lowest BCUT2D eigenvalue weighted by Crippen LogP contribution is -1.86. The van der Waals surface area contributed by atoms with Gasteiger partial charge in [0, 0.05) is 16.9 Å². The molecule has 0 unspecified atom stereocenters. The Kier molecular flexibility index (Phi) is 3.49. The molecule has 0 bridgehead atoms. The van der Waals surface area contributed by atoms with Crippen LogP contribution in [0.5, 0.6) is 0 Å². The Hall–Kier alpha value is -0.320. The van der Waals surface area contributed by atoms with Crippen LogP contribution in [-0.2, 0) is 0 Å². The van der Waals surface area contributed by atoms with E-state index in [1.807, 2.05) is 16.0 Å². The van der Waals surface area contributed by atoms with E-state index in [9.17, 15) is 0 Å². The number of fused-ring (bicyclic) bond motifs is 1. The highest BCUT2D eigenvalue weighted by Crippen LogP contribution is 2.24. The molecule has 0 fully saturated rings. The predicted molar refractivity (Wildman–Crippen MR) is 70.1 cm³/mol. The van der Waals surface area contributed by atoms with E-state index in [-0.39, 0.29) is 0 Å². The van der Waals surface area contributed by atoms with Crippen molar-refractivity contribution in [2.24, 2.45) is 0 Å². The van der Waals surface area contributed by atoms with Gasteiger partial charge in [-0.15, -0.1) is 11.3 Å². The Labute approximate surface area is 106 Å². The fourth-order valence-electron chi connectivity index (χ4n) is 1.33. The molecule has 0 N–H and O–H groups in total. The molecule has 0 aliphatic carbocycles. The zero-order valence-electron chi connectivity index (χ0n) is 8.20. The molecular formula is C10H10BrClN2S. The molecule has 2 aromatic heterocycles. The number of hydrogen-bond donors (Lipinski definition) is 0. The SMILES string of the molecule is CCC(=Cc1c(Cl)nc2sccn12)CBr. The molecule has 2 nitrogen and oxygen atoms in total. The summed E-state index contributed by atoms with van der Waals surface area (Å²) in [5, 5.41) is 3.46. The average molecular weight is 306 g/mol. The van der Waals surface area contributed by atoms with Gasteiger partial charge in [0.15, 0.2) is 10.1 Å². The lowest BCUT2D eigenvalue weighted by molar-refractivity contribution is 1.11. The zero-order valence-corrected chi connectivity index (χ0v) is 11.4. The minimum absolute atomic E-state index is 0.578. The third-order valence-corrected chi connectivity index (χ3v) is 3.98. The van der Waals surface area contributed by atoms with E-state index in [1.54, 1.807) is 11.3 Å².